The summed E-state index contributed by atoms with van der Waals surface area (Å²) < 4.78 is 30.2. The molecule has 0 aliphatic heterocycles. The molecule has 1 aromatic heterocycles. The van der Waals surface area contributed by atoms with Gasteiger partial charge in [-0.2, -0.15) is 0 Å². The number of rotatable bonds is 3. The van der Waals surface area contributed by atoms with E-state index in [-0.39, 0.29) is 22.5 Å². The van der Waals surface area contributed by atoms with Crippen molar-refractivity contribution in [2.75, 3.05) is 7.11 Å². The number of halogens is 3. The fraction of sp³-hybridized carbons (Fsp3) is 0.375. The van der Waals surface area contributed by atoms with Crippen molar-refractivity contribution in [1.29, 1.82) is 0 Å². The Balaban J connectivity index is 3.31. The van der Waals surface area contributed by atoms with Crippen molar-refractivity contribution in [2.45, 2.75) is 13.0 Å². The van der Waals surface area contributed by atoms with Gasteiger partial charge in [0.05, 0.1) is 11.6 Å². The topological polar surface area (TPSA) is 48.1 Å². The van der Waals surface area contributed by atoms with Crippen LogP contribution in [0.1, 0.15) is 17.6 Å². The molecule has 0 atom stereocenters. The first-order chi connectivity index (χ1) is 6.61. The molecule has 0 aromatic carbocycles. The van der Waals surface area contributed by atoms with E-state index in [1.807, 2.05) is 0 Å². The first-order valence-electron chi connectivity index (χ1n) is 3.81. The Morgan fingerprint density at radius 1 is 1.64 bits per heavy atom. The van der Waals surface area contributed by atoms with Crippen molar-refractivity contribution in [3.8, 4) is 5.88 Å². The maximum Gasteiger partial charge on any atom is 0.265 e. The van der Waals surface area contributed by atoms with Crippen LogP contribution in [0, 0.1) is 0 Å². The Morgan fingerprint density at radius 2 is 2.29 bits per heavy atom. The van der Waals surface area contributed by atoms with Gasteiger partial charge in [-0.3, -0.25) is 0 Å². The standard InChI is InChI=1S/C8H9BrF2N2O/c1-14-8-6(9)5(7(10)11)4(2-12)3-13-8/h3,7H,2,12H2,1H3. The minimum Gasteiger partial charge on any atom is -0.480 e. The molecule has 0 spiro atoms. The average Bonchev–Trinajstić information content (AvgIpc) is 2.16. The number of nitrogens with two attached hydrogens (primary N) is 1. The normalized spacial score (nSPS) is 10.7. The summed E-state index contributed by atoms with van der Waals surface area (Å²) in [6.45, 7) is 0.0231. The molecule has 2 N–H and O–H groups in total. The van der Waals surface area contributed by atoms with E-state index in [2.05, 4.69) is 20.9 Å². The maximum absolute atomic E-state index is 12.6. The lowest BCUT2D eigenvalue weighted by Gasteiger charge is -2.11. The van der Waals surface area contributed by atoms with Gasteiger partial charge in [0.25, 0.3) is 6.43 Å². The Hall–Kier alpha value is -0.750. The quantitative estimate of drug-likeness (QED) is 0.913. The first-order valence-corrected chi connectivity index (χ1v) is 4.60. The summed E-state index contributed by atoms with van der Waals surface area (Å²) in [4.78, 5) is 3.83. The van der Waals surface area contributed by atoms with Crippen molar-refractivity contribution in [1.82, 2.24) is 4.98 Å². The summed E-state index contributed by atoms with van der Waals surface area (Å²) >= 11 is 3.01. The van der Waals surface area contributed by atoms with Gasteiger partial charge in [-0.05, 0) is 21.5 Å². The molecule has 0 amide bonds. The molecule has 0 radical (unpaired) electrons. The summed E-state index contributed by atoms with van der Waals surface area (Å²) in [5.74, 6) is 0.137. The second-order valence-electron chi connectivity index (χ2n) is 2.53. The molecule has 0 saturated heterocycles. The van der Waals surface area contributed by atoms with E-state index in [1.54, 1.807) is 0 Å². The summed E-state index contributed by atoms with van der Waals surface area (Å²) in [6.07, 6.45) is -1.30. The van der Waals surface area contributed by atoms with Gasteiger partial charge < -0.3 is 10.5 Å². The van der Waals surface area contributed by atoms with Crippen LogP contribution in [0.4, 0.5) is 8.78 Å². The van der Waals surface area contributed by atoms with Gasteiger partial charge in [-0.15, -0.1) is 0 Å². The number of methoxy groups -OCH3 is 1. The van der Waals surface area contributed by atoms with E-state index in [0.29, 0.717) is 5.56 Å². The lowest BCUT2D eigenvalue weighted by Crippen LogP contribution is -2.05. The highest BCUT2D eigenvalue weighted by Crippen LogP contribution is 2.35. The van der Waals surface area contributed by atoms with Crippen LogP contribution in [0.25, 0.3) is 0 Å². The summed E-state index contributed by atoms with van der Waals surface area (Å²) in [6, 6.07) is 0. The van der Waals surface area contributed by atoms with Gasteiger partial charge in [0, 0.05) is 18.3 Å². The predicted molar refractivity (Wildman–Crippen MR) is 51.3 cm³/mol. The van der Waals surface area contributed by atoms with Gasteiger partial charge >= 0.3 is 0 Å². The molecule has 0 saturated carbocycles. The number of nitrogens with zero attached hydrogens (tertiary/aromatic N) is 1. The molecule has 6 heteroatoms. The Labute approximate surface area is 88.4 Å². The van der Waals surface area contributed by atoms with Crippen molar-refractivity contribution in [3.63, 3.8) is 0 Å². The minimum absolute atomic E-state index is 0.0231. The van der Waals surface area contributed by atoms with Crippen LogP contribution in [-0.4, -0.2) is 12.1 Å². The molecule has 0 fully saturated rings. The third-order valence-electron chi connectivity index (χ3n) is 1.74. The molecular formula is C8H9BrF2N2O. The van der Waals surface area contributed by atoms with Gasteiger partial charge in [0.1, 0.15) is 0 Å². The summed E-state index contributed by atoms with van der Waals surface area (Å²) in [5, 5.41) is 0. The van der Waals surface area contributed by atoms with E-state index in [0.717, 1.165) is 0 Å². The van der Waals surface area contributed by atoms with Gasteiger partial charge in [-0.1, -0.05) is 0 Å². The minimum atomic E-state index is -2.60. The highest BCUT2D eigenvalue weighted by Gasteiger charge is 2.20. The Morgan fingerprint density at radius 3 is 2.71 bits per heavy atom. The zero-order chi connectivity index (χ0) is 10.7. The van der Waals surface area contributed by atoms with Crippen molar-refractivity contribution < 1.29 is 13.5 Å². The molecule has 0 bridgehead atoms. The number of ether oxygens (including phenoxy) is 1. The zero-order valence-electron chi connectivity index (χ0n) is 7.43. The largest absolute Gasteiger partial charge is 0.480 e. The second-order valence-corrected chi connectivity index (χ2v) is 3.32. The van der Waals surface area contributed by atoms with E-state index in [4.69, 9.17) is 10.5 Å². The lowest BCUT2D eigenvalue weighted by atomic mass is 10.1. The van der Waals surface area contributed by atoms with Crippen molar-refractivity contribution in [3.05, 3.63) is 21.8 Å². The molecule has 1 aromatic rings. The van der Waals surface area contributed by atoms with E-state index < -0.39 is 6.43 Å². The number of alkyl halides is 2. The Bertz CT molecular complexity index is 333. The van der Waals surface area contributed by atoms with Crippen LogP contribution in [0.15, 0.2) is 10.7 Å². The molecular weight excluding hydrogens is 258 g/mol. The summed E-state index contributed by atoms with van der Waals surface area (Å²) in [5.41, 5.74) is 5.47. The highest BCUT2D eigenvalue weighted by atomic mass is 79.9. The van der Waals surface area contributed by atoms with Crippen LogP contribution >= 0.6 is 15.9 Å². The highest BCUT2D eigenvalue weighted by molar-refractivity contribution is 9.10. The van der Waals surface area contributed by atoms with Crippen molar-refractivity contribution in [2.24, 2.45) is 5.73 Å². The van der Waals surface area contributed by atoms with Gasteiger partial charge in [0.2, 0.25) is 5.88 Å². The number of pyridine rings is 1. The van der Waals surface area contributed by atoms with Crippen LogP contribution in [0.3, 0.4) is 0 Å². The third kappa shape index (κ3) is 2.01. The molecule has 0 aliphatic rings. The van der Waals surface area contributed by atoms with E-state index in [9.17, 15) is 8.78 Å². The van der Waals surface area contributed by atoms with Crippen molar-refractivity contribution >= 4 is 15.9 Å². The summed E-state index contributed by atoms with van der Waals surface area (Å²) in [7, 11) is 1.37. The van der Waals surface area contributed by atoms with Crippen LogP contribution in [0.2, 0.25) is 0 Å². The molecule has 3 nitrogen and oxygen atoms in total. The molecule has 0 aliphatic carbocycles. The van der Waals surface area contributed by atoms with E-state index in [1.165, 1.54) is 13.3 Å². The second kappa shape index (κ2) is 4.65. The van der Waals surface area contributed by atoms with Gasteiger partial charge in [0.15, 0.2) is 0 Å². The molecule has 14 heavy (non-hydrogen) atoms. The van der Waals surface area contributed by atoms with E-state index >= 15 is 0 Å². The molecule has 0 unspecified atom stereocenters. The first kappa shape index (κ1) is 11.3. The van der Waals surface area contributed by atoms with Gasteiger partial charge in [-0.25, -0.2) is 13.8 Å². The number of hydrogen-bond acceptors (Lipinski definition) is 3. The maximum atomic E-state index is 12.6. The molecule has 1 rings (SSSR count). The average molecular weight is 267 g/mol. The Kier molecular flexibility index (Phi) is 3.77. The van der Waals surface area contributed by atoms with Crippen LogP contribution in [-0.2, 0) is 6.54 Å². The fourth-order valence-corrected chi connectivity index (χ4v) is 1.75. The molecule has 1 heterocycles. The zero-order valence-corrected chi connectivity index (χ0v) is 9.01. The number of hydrogen-bond donors (Lipinski definition) is 1. The SMILES string of the molecule is COc1ncc(CN)c(C(F)F)c1Br. The monoisotopic (exact) mass is 266 g/mol. The molecule has 78 valence electrons. The fourth-order valence-electron chi connectivity index (χ4n) is 1.06. The van der Waals surface area contributed by atoms with Crippen LogP contribution < -0.4 is 10.5 Å². The third-order valence-corrected chi connectivity index (χ3v) is 2.51. The lowest BCUT2D eigenvalue weighted by molar-refractivity contribution is 0.148. The number of aromatic nitrogens is 1. The smallest absolute Gasteiger partial charge is 0.265 e. The van der Waals surface area contributed by atoms with Crippen LogP contribution in [0.5, 0.6) is 5.88 Å². The predicted octanol–water partition coefficient (Wildman–Crippen LogP) is 2.25.